The average molecular weight is 380 g/mol. The largest absolute Gasteiger partial charge is 0.339 e. The lowest BCUT2D eigenvalue weighted by Crippen LogP contribution is -2.32. The highest BCUT2D eigenvalue weighted by Gasteiger charge is 2.31. The highest BCUT2D eigenvalue weighted by atomic mass is 35.5. The van der Waals surface area contributed by atoms with Crippen LogP contribution in [0, 0.1) is 11.8 Å². The van der Waals surface area contributed by atoms with Gasteiger partial charge in [0.25, 0.3) is 5.91 Å². The highest BCUT2D eigenvalue weighted by Crippen LogP contribution is 2.31. The molecule has 1 saturated carbocycles. The first kappa shape index (κ1) is 20.7. The quantitative estimate of drug-likeness (QED) is 0.841. The first-order valence-corrected chi connectivity index (χ1v) is 9.59. The van der Waals surface area contributed by atoms with Gasteiger partial charge in [0.05, 0.1) is 0 Å². The maximum absolute atomic E-state index is 12.6. The second-order valence-corrected chi connectivity index (χ2v) is 7.31. The SMILES string of the molecule is Cl.NC[C@H]1CCC[C@H]1C(=O)Nc1ccc(C(=O)N2CCCCCC2)cc1. The fraction of sp³-hybridized carbons (Fsp3) is 0.600. The van der Waals surface area contributed by atoms with E-state index in [2.05, 4.69) is 5.32 Å². The van der Waals surface area contributed by atoms with Gasteiger partial charge in [-0.1, -0.05) is 19.3 Å². The summed E-state index contributed by atoms with van der Waals surface area (Å²) in [5.74, 6) is 0.464. The molecule has 3 rings (SSSR count). The van der Waals surface area contributed by atoms with Crippen LogP contribution >= 0.6 is 12.4 Å². The fourth-order valence-electron chi connectivity index (χ4n) is 4.05. The van der Waals surface area contributed by atoms with E-state index in [1.54, 1.807) is 0 Å². The Balaban J connectivity index is 0.00000243. The number of carbonyl (C=O) groups excluding carboxylic acids is 2. The lowest BCUT2D eigenvalue weighted by molar-refractivity contribution is -0.120. The van der Waals surface area contributed by atoms with E-state index in [0.29, 0.717) is 18.0 Å². The number of carbonyl (C=O) groups is 2. The zero-order chi connectivity index (χ0) is 17.6. The van der Waals surface area contributed by atoms with Gasteiger partial charge in [0.1, 0.15) is 0 Å². The van der Waals surface area contributed by atoms with E-state index in [-0.39, 0.29) is 30.1 Å². The number of nitrogens with two attached hydrogens (primary N) is 1. The molecule has 26 heavy (non-hydrogen) atoms. The van der Waals surface area contributed by atoms with Crippen molar-refractivity contribution in [2.75, 3.05) is 25.0 Å². The minimum Gasteiger partial charge on any atom is -0.339 e. The number of hydrogen-bond acceptors (Lipinski definition) is 3. The number of likely N-dealkylation sites (tertiary alicyclic amines) is 1. The van der Waals surface area contributed by atoms with Crippen LogP contribution in [-0.2, 0) is 4.79 Å². The molecule has 2 atom stereocenters. The molecular weight excluding hydrogens is 350 g/mol. The van der Waals surface area contributed by atoms with Crippen molar-refractivity contribution in [1.82, 2.24) is 4.90 Å². The molecule has 1 aliphatic heterocycles. The number of nitrogens with zero attached hydrogens (tertiary/aromatic N) is 1. The molecule has 1 aromatic rings. The Hall–Kier alpha value is -1.59. The molecule has 0 radical (unpaired) electrons. The Morgan fingerprint density at radius 3 is 2.27 bits per heavy atom. The molecule has 0 spiro atoms. The van der Waals surface area contributed by atoms with Crippen LogP contribution in [-0.4, -0.2) is 36.3 Å². The minimum atomic E-state index is 0. The minimum absolute atomic E-state index is 0. The molecule has 2 fully saturated rings. The zero-order valence-corrected chi connectivity index (χ0v) is 16.1. The van der Waals surface area contributed by atoms with E-state index in [1.807, 2.05) is 29.2 Å². The van der Waals surface area contributed by atoms with E-state index >= 15 is 0 Å². The number of amides is 2. The summed E-state index contributed by atoms with van der Waals surface area (Å²) in [6.45, 7) is 2.26. The van der Waals surface area contributed by atoms with Crippen LogP contribution < -0.4 is 11.1 Å². The number of anilines is 1. The second kappa shape index (κ2) is 9.93. The van der Waals surface area contributed by atoms with Crippen LogP contribution in [0.25, 0.3) is 0 Å². The van der Waals surface area contributed by atoms with Gasteiger partial charge in [-0.2, -0.15) is 0 Å². The van der Waals surface area contributed by atoms with E-state index in [1.165, 1.54) is 12.8 Å². The third kappa shape index (κ3) is 4.98. The molecule has 5 nitrogen and oxygen atoms in total. The summed E-state index contributed by atoms with van der Waals surface area (Å²) in [5.41, 5.74) is 7.21. The monoisotopic (exact) mass is 379 g/mol. The Bertz CT molecular complexity index is 598. The smallest absolute Gasteiger partial charge is 0.253 e. The zero-order valence-electron chi connectivity index (χ0n) is 15.3. The average Bonchev–Trinajstić information content (AvgIpc) is 2.96. The Morgan fingerprint density at radius 1 is 1.00 bits per heavy atom. The van der Waals surface area contributed by atoms with Crippen LogP contribution in [0.3, 0.4) is 0 Å². The van der Waals surface area contributed by atoms with Crippen molar-refractivity contribution in [2.45, 2.75) is 44.9 Å². The summed E-state index contributed by atoms with van der Waals surface area (Å²) >= 11 is 0. The van der Waals surface area contributed by atoms with Crippen molar-refractivity contribution in [3.8, 4) is 0 Å². The summed E-state index contributed by atoms with van der Waals surface area (Å²) in [7, 11) is 0. The predicted octanol–water partition coefficient (Wildman–Crippen LogP) is 3.44. The standard InChI is InChI=1S/C20H29N3O2.ClH/c21-14-16-6-5-7-18(16)19(24)22-17-10-8-15(9-11-17)20(25)23-12-3-1-2-4-13-23;/h8-11,16,18H,1-7,12-14,21H2,(H,22,24);1H/t16-,18-;/m1./s1. The van der Waals surface area contributed by atoms with Gasteiger partial charge in [-0.25, -0.2) is 0 Å². The highest BCUT2D eigenvalue weighted by molar-refractivity contribution is 5.96. The fourth-order valence-corrected chi connectivity index (χ4v) is 4.05. The van der Waals surface area contributed by atoms with Crippen LogP contribution in [0.15, 0.2) is 24.3 Å². The van der Waals surface area contributed by atoms with Crippen molar-refractivity contribution >= 4 is 29.9 Å². The Morgan fingerprint density at radius 2 is 1.65 bits per heavy atom. The summed E-state index contributed by atoms with van der Waals surface area (Å²) in [4.78, 5) is 27.0. The third-order valence-corrected chi connectivity index (χ3v) is 5.59. The molecule has 1 saturated heterocycles. The van der Waals surface area contributed by atoms with Crippen LogP contribution in [0.1, 0.15) is 55.3 Å². The van der Waals surface area contributed by atoms with E-state index in [9.17, 15) is 9.59 Å². The number of nitrogens with one attached hydrogen (secondary N) is 1. The number of rotatable bonds is 4. The second-order valence-electron chi connectivity index (χ2n) is 7.31. The van der Waals surface area contributed by atoms with E-state index in [0.717, 1.165) is 50.9 Å². The summed E-state index contributed by atoms with van der Waals surface area (Å²) in [5, 5.41) is 2.98. The van der Waals surface area contributed by atoms with Gasteiger partial charge in [-0.3, -0.25) is 9.59 Å². The van der Waals surface area contributed by atoms with Gasteiger partial charge in [-0.05, 0) is 62.4 Å². The van der Waals surface area contributed by atoms with Gasteiger partial charge >= 0.3 is 0 Å². The molecule has 1 aliphatic carbocycles. The van der Waals surface area contributed by atoms with Crippen molar-refractivity contribution in [3.05, 3.63) is 29.8 Å². The van der Waals surface area contributed by atoms with Crippen LogP contribution in [0.5, 0.6) is 0 Å². The van der Waals surface area contributed by atoms with Crippen molar-refractivity contribution in [1.29, 1.82) is 0 Å². The van der Waals surface area contributed by atoms with Gasteiger partial charge in [0, 0.05) is 30.3 Å². The van der Waals surface area contributed by atoms with Crippen molar-refractivity contribution in [2.24, 2.45) is 17.6 Å². The Labute approximate surface area is 162 Å². The van der Waals surface area contributed by atoms with Gasteiger partial charge < -0.3 is 16.0 Å². The maximum Gasteiger partial charge on any atom is 0.253 e. The lowest BCUT2D eigenvalue weighted by Gasteiger charge is -2.20. The lowest BCUT2D eigenvalue weighted by atomic mass is 9.95. The van der Waals surface area contributed by atoms with Crippen LogP contribution in [0.4, 0.5) is 5.69 Å². The van der Waals surface area contributed by atoms with Gasteiger partial charge in [0.2, 0.25) is 5.91 Å². The molecule has 0 unspecified atom stereocenters. The van der Waals surface area contributed by atoms with Crippen molar-refractivity contribution < 1.29 is 9.59 Å². The van der Waals surface area contributed by atoms with E-state index in [4.69, 9.17) is 5.73 Å². The van der Waals surface area contributed by atoms with Crippen molar-refractivity contribution in [3.63, 3.8) is 0 Å². The maximum atomic E-state index is 12.6. The number of hydrogen-bond donors (Lipinski definition) is 2. The molecule has 0 bridgehead atoms. The number of benzene rings is 1. The predicted molar refractivity (Wildman–Crippen MR) is 107 cm³/mol. The molecule has 1 aromatic carbocycles. The molecular formula is C20H30ClN3O2. The summed E-state index contributed by atoms with van der Waals surface area (Å²) < 4.78 is 0. The molecule has 6 heteroatoms. The molecule has 3 N–H and O–H groups in total. The van der Waals surface area contributed by atoms with Gasteiger partial charge in [0.15, 0.2) is 0 Å². The first-order chi connectivity index (χ1) is 12.2. The molecule has 144 valence electrons. The number of halogens is 1. The summed E-state index contributed by atoms with van der Waals surface area (Å²) in [6, 6.07) is 7.29. The molecule has 1 heterocycles. The first-order valence-electron chi connectivity index (χ1n) is 9.59. The molecule has 2 amide bonds. The van der Waals surface area contributed by atoms with Crippen LogP contribution in [0.2, 0.25) is 0 Å². The van der Waals surface area contributed by atoms with Gasteiger partial charge in [-0.15, -0.1) is 12.4 Å². The topological polar surface area (TPSA) is 75.4 Å². The van der Waals surface area contributed by atoms with E-state index < -0.39 is 0 Å². The summed E-state index contributed by atoms with van der Waals surface area (Å²) in [6.07, 6.45) is 7.62. The normalized spacial score (nSPS) is 23.0. The third-order valence-electron chi connectivity index (χ3n) is 5.59. The molecule has 0 aromatic heterocycles. The Kier molecular flexibility index (Phi) is 7.91. The molecule has 2 aliphatic rings.